The number of morpholine rings is 1. The van der Waals surface area contributed by atoms with Gasteiger partial charge in [0.25, 0.3) is 0 Å². The Labute approximate surface area is 213 Å². The number of hydrogen-bond acceptors (Lipinski definition) is 7. The van der Waals surface area contributed by atoms with Gasteiger partial charge in [-0.05, 0) is 38.0 Å². The van der Waals surface area contributed by atoms with Gasteiger partial charge in [-0.2, -0.15) is 26.3 Å². The van der Waals surface area contributed by atoms with Gasteiger partial charge in [0, 0.05) is 37.1 Å². The van der Waals surface area contributed by atoms with Gasteiger partial charge < -0.3 is 19.7 Å². The first-order valence-electron chi connectivity index (χ1n) is 11.1. The second-order valence-electron chi connectivity index (χ2n) is 8.15. The van der Waals surface area contributed by atoms with Gasteiger partial charge in [0.15, 0.2) is 0 Å². The Kier molecular flexibility index (Phi) is 10.8. The molecule has 0 radical (unpaired) electrons. The van der Waals surface area contributed by atoms with E-state index in [1.807, 2.05) is 31.2 Å². The van der Waals surface area contributed by atoms with Crippen LogP contribution in [0.2, 0.25) is 0 Å². The second-order valence-corrected chi connectivity index (χ2v) is 8.15. The predicted molar refractivity (Wildman–Crippen MR) is 118 cm³/mol. The topological polar surface area (TPSA) is 122 Å². The van der Waals surface area contributed by atoms with Crippen molar-refractivity contribution in [3.8, 4) is 5.88 Å². The van der Waals surface area contributed by atoms with E-state index in [4.69, 9.17) is 29.3 Å². The number of alkyl halides is 6. The quantitative estimate of drug-likeness (QED) is 0.544. The molecule has 3 heterocycles. The maximum Gasteiger partial charge on any atom is 0.490 e. The van der Waals surface area contributed by atoms with Crippen LogP contribution in [0.15, 0.2) is 42.6 Å². The number of carboxylic acids is 2. The zero-order valence-electron chi connectivity index (χ0n) is 19.9. The number of rotatable bonds is 4. The number of fused-ring (bicyclic) bond motifs is 1. The Balaban J connectivity index is 0.000000301. The Morgan fingerprint density at radius 1 is 1.03 bits per heavy atom. The molecule has 2 aromatic rings. The van der Waals surface area contributed by atoms with Gasteiger partial charge in [-0.15, -0.1) is 0 Å². The summed E-state index contributed by atoms with van der Waals surface area (Å²) in [5.41, 5.74) is 2.20. The molecule has 1 saturated heterocycles. The summed E-state index contributed by atoms with van der Waals surface area (Å²) in [6.45, 7) is 4.61. The van der Waals surface area contributed by atoms with E-state index < -0.39 is 24.3 Å². The van der Waals surface area contributed by atoms with Crippen LogP contribution in [-0.4, -0.2) is 80.8 Å². The van der Waals surface area contributed by atoms with Crippen molar-refractivity contribution >= 4 is 11.9 Å². The summed E-state index contributed by atoms with van der Waals surface area (Å²) < 4.78 is 75.6. The fourth-order valence-corrected chi connectivity index (χ4v) is 3.78. The zero-order valence-corrected chi connectivity index (χ0v) is 19.9. The van der Waals surface area contributed by atoms with Gasteiger partial charge in [-0.1, -0.05) is 12.1 Å². The number of carbonyl (C=O) groups is 2. The number of nitrogens with zero attached hydrogens (tertiary/aromatic N) is 3. The highest BCUT2D eigenvalue weighted by molar-refractivity contribution is 5.73. The predicted octanol–water partition coefficient (Wildman–Crippen LogP) is 3.86. The molecule has 4 rings (SSSR count). The summed E-state index contributed by atoms with van der Waals surface area (Å²) in [4.78, 5) is 29.2. The molecule has 0 spiro atoms. The second kappa shape index (κ2) is 13.4. The van der Waals surface area contributed by atoms with Crippen molar-refractivity contribution in [1.29, 1.82) is 0 Å². The van der Waals surface area contributed by atoms with Crippen LogP contribution in [0, 0.1) is 6.92 Å². The van der Waals surface area contributed by atoms with Crippen molar-refractivity contribution in [2.75, 3.05) is 13.2 Å². The summed E-state index contributed by atoms with van der Waals surface area (Å²) >= 11 is 0. The molecule has 210 valence electrons. The van der Waals surface area contributed by atoms with E-state index in [1.165, 1.54) is 0 Å². The molecule has 0 unspecified atom stereocenters. The maximum atomic E-state index is 10.6. The van der Waals surface area contributed by atoms with Crippen molar-refractivity contribution in [3.05, 3.63) is 54.0 Å². The average molecular weight is 553 g/mol. The summed E-state index contributed by atoms with van der Waals surface area (Å²) in [5, 5.41) is 14.2. The molecule has 1 aliphatic carbocycles. The molecule has 9 nitrogen and oxygen atoms in total. The smallest absolute Gasteiger partial charge is 0.475 e. The minimum Gasteiger partial charge on any atom is -0.475 e. The van der Waals surface area contributed by atoms with E-state index >= 15 is 0 Å². The number of carboxylic acid groups (broad SMARTS) is 2. The molecular formula is C23H25F6N3O6. The Hall–Kier alpha value is -3.46. The number of pyridine rings is 2. The SMILES string of the molecule is Cc1cccc(CN2CCO[C@H]3[C@H](Oc4ccccn4)CC[C@@H]32)n1.O=C(O)C(F)(F)F.O=C(O)C(F)(F)F. The Bertz CT molecular complexity index is 1030. The third-order valence-corrected chi connectivity index (χ3v) is 5.36. The van der Waals surface area contributed by atoms with Crippen LogP contribution < -0.4 is 4.74 Å². The molecule has 2 fully saturated rings. The number of halogens is 6. The molecule has 0 bridgehead atoms. The molecule has 1 saturated carbocycles. The number of aryl methyl sites for hydroxylation is 1. The molecule has 15 heteroatoms. The molecule has 2 aromatic heterocycles. The number of hydrogen-bond donors (Lipinski definition) is 2. The van der Waals surface area contributed by atoms with Gasteiger partial charge in [0.2, 0.25) is 5.88 Å². The third-order valence-electron chi connectivity index (χ3n) is 5.36. The lowest BCUT2D eigenvalue weighted by Crippen LogP contribution is -2.51. The molecule has 0 aromatic carbocycles. The highest BCUT2D eigenvalue weighted by atomic mass is 19.4. The molecule has 0 amide bonds. The van der Waals surface area contributed by atoms with E-state index in [9.17, 15) is 26.3 Å². The van der Waals surface area contributed by atoms with Crippen LogP contribution in [0.4, 0.5) is 26.3 Å². The number of aliphatic carboxylic acids is 2. The average Bonchev–Trinajstić information content (AvgIpc) is 3.23. The molecule has 1 aliphatic heterocycles. The van der Waals surface area contributed by atoms with Crippen LogP contribution in [0.25, 0.3) is 0 Å². The van der Waals surface area contributed by atoms with Gasteiger partial charge in [0.1, 0.15) is 12.2 Å². The third kappa shape index (κ3) is 9.78. The lowest BCUT2D eigenvalue weighted by atomic mass is 10.1. The van der Waals surface area contributed by atoms with Crippen molar-refractivity contribution < 1.29 is 55.6 Å². The standard InChI is InChI=1S/C19H23N3O2.2C2HF3O2/c1-14-5-4-6-15(21-14)13-22-11-12-23-19-16(22)8-9-17(19)24-18-7-2-3-10-20-18;2*3-2(4,5)1(6)7/h2-7,10,16-17,19H,8-9,11-13H2,1H3;2*(H,6,7)/t16-,17+,19+;;/m0../s1. The first-order chi connectivity index (χ1) is 17.7. The highest BCUT2D eigenvalue weighted by Crippen LogP contribution is 2.33. The monoisotopic (exact) mass is 553 g/mol. The lowest BCUT2D eigenvalue weighted by molar-refractivity contribution is -0.193. The minimum absolute atomic E-state index is 0.0816. The molecule has 38 heavy (non-hydrogen) atoms. The van der Waals surface area contributed by atoms with Crippen LogP contribution in [0.3, 0.4) is 0 Å². The Morgan fingerprint density at radius 2 is 1.66 bits per heavy atom. The summed E-state index contributed by atoms with van der Waals surface area (Å²) in [6.07, 6.45) is -6.11. The molecule has 2 aliphatic rings. The lowest BCUT2D eigenvalue weighted by Gasteiger charge is -2.38. The number of ether oxygens (including phenoxy) is 2. The fourth-order valence-electron chi connectivity index (χ4n) is 3.78. The van der Waals surface area contributed by atoms with E-state index in [-0.39, 0.29) is 12.2 Å². The van der Waals surface area contributed by atoms with Crippen molar-refractivity contribution in [2.24, 2.45) is 0 Å². The fraction of sp³-hybridized carbons (Fsp3) is 0.478. The van der Waals surface area contributed by atoms with Crippen LogP contribution >= 0.6 is 0 Å². The van der Waals surface area contributed by atoms with Crippen LogP contribution in [0.5, 0.6) is 5.88 Å². The molecule has 2 N–H and O–H groups in total. The van der Waals surface area contributed by atoms with Gasteiger partial charge in [-0.3, -0.25) is 9.88 Å². The van der Waals surface area contributed by atoms with E-state index in [0.29, 0.717) is 11.9 Å². The normalized spacial score (nSPS) is 21.2. The van der Waals surface area contributed by atoms with E-state index in [2.05, 4.69) is 27.0 Å². The summed E-state index contributed by atoms with van der Waals surface area (Å²) in [6, 6.07) is 12.4. The largest absolute Gasteiger partial charge is 0.490 e. The highest BCUT2D eigenvalue weighted by Gasteiger charge is 2.44. The van der Waals surface area contributed by atoms with Crippen LogP contribution in [0.1, 0.15) is 24.2 Å². The van der Waals surface area contributed by atoms with Crippen molar-refractivity contribution in [2.45, 2.75) is 56.9 Å². The van der Waals surface area contributed by atoms with E-state index in [0.717, 1.165) is 43.9 Å². The maximum absolute atomic E-state index is 10.6. The van der Waals surface area contributed by atoms with Crippen molar-refractivity contribution in [3.63, 3.8) is 0 Å². The summed E-state index contributed by atoms with van der Waals surface area (Å²) in [7, 11) is 0. The number of aromatic nitrogens is 2. The van der Waals surface area contributed by atoms with Crippen LogP contribution in [-0.2, 0) is 20.9 Å². The molecular weight excluding hydrogens is 528 g/mol. The van der Waals surface area contributed by atoms with Crippen molar-refractivity contribution in [1.82, 2.24) is 14.9 Å². The van der Waals surface area contributed by atoms with Gasteiger partial charge in [-0.25, -0.2) is 14.6 Å². The van der Waals surface area contributed by atoms with Gasteiger partial charge >= 0.3 is 24.3 Å². The summed E-state index contributed by atoms with van der Waals surface area (Å²) in [5.74, 6) is -4.83. The first kappa shape index (κ1) is 30.8. The minimum atomic E-state index is -5.08. The van der Waals surface area contributed by atoms with Gasteiger partial charge in [0.05, 0.1) is 12.3 Å². The van der Waals surface area contributed by atoms with E-state index in [1.54, 1.807) is 6.20 Å². The molecule has 3 atom stereocenters. The first-order valence-corrected chi connectivity index (χ1v) is 11.1. The zero-order chi connectivity index (χ0) is 28.5. The Morgan fingerprint density at radius 3 is 2.18 bits per heavy atom.